The summed E-state index contributed by atoms with van der Waals surface area (Å²) in [6.45, 7) is 14.8. The van der Waals surface area contributed by atoms with Crippen LogP contribution in [0.25, 0.3) is 0 Å². The summed E-state index contributed by atoms with van der Waals surface area (Å²) in [5.41, 5.74) is 5.50. The molecule has 2 aromatic carbocycles. The largest absolute Gasteiger partial charge is 0.306 e. The highest BCUT2D eigenvalue weighted by molar-refractivity contribution is 6.33. The number of nitrogens with zero attached hydrogens (tertiary/aromatic N) is 4. The maximum Gasteiger partial charge on any atom is 0.125 e. The summed E-state index contributed by atoms with van der Waals surface area (Å²) in [5.74, 6) is 2.95. The van der Waals surface area contributed by atoms with Crippen LogP contribution >= 0.6 is 0 Å². The molecule has 0 bridgehead atoms. The summed E-state index contributed by atoms with van der Waals surface area (Å²) in [7, 11) is 29.3. The van der Waals surface area contributed by atoms with E-state index in [1.807, 2.05) is 57.2 Å². The second-order valence-corrected chi connectivity index (χ2v) is 13.2. The van der Waals surface area contributed by atoms with E-state index >= 15 is 0 Å². The topological polar surface area (TPSA) is 41.9 Å². The second-order valence-electron chi connectivity index (χ2n) is 13.2. The first kappa shape index (κ1) is 43.9. The Labute approximate surface area is 304 Å². The van der Waals surface area contributed by atoms with Crippen molar-refractivity contribution >= 4 is 61.1 Å². The normalized spacial score (nSPS) is 17.0. The van der Waals surface area contributed by atoms with Gasteiger partial charge < -0.3 is 4.90 Å². The first-order valence-corrected chi connectivity index (χ1v) is 17.1. The molecule has 4 aromatic rings. The molecule has 250 valence electrons. The monoisotopic (exact) mass is 650 g/mol. The van der Waals surface area contributed by atoms with E-state index < -0.39 is 0 Å². The van der Waals surface area contributed by atoms with Crippen molar-refractivity contribution in [2.75, 3.05) is 20.1 Å². The standard InChI is InChI=1S/C7H6BF.C7H13B.C7H7B.C7H15N.C6H6BN.C5H5BN2/c1-5-2-3-6(8)4-7(5)9;2*1-6-2-4-7(8)5-3-6;1-7-3-5-8(2)6-4-7;1-5-2-3-6(7)4-8-5;1-4-7-2-5(6)3-8-4/h2-4H,1H3;6-7H,2-5H2,1H3;2-5H,1H3;7H,3-6H2,1-2H3;2-4H,1H3;2-3H,1H3. The van der Waals surface area contributed by atoms with E-state index in [-0.39, 0.29) is 5.82 Å². The van der Waals surface area contributed by atoms with Crippen molar-refractivity contribution in [2.24, 2.45) is 11.8 Å². The fourth-order valence-corrected chi connectivity index (χ4v) is 4.48. The van der Waals surface area contributed by atoms with Gasteiger partial charge in [0.1, 0.15) is 43.0 Å². The Morgan fingerprint density at radius 3 is 1.49 bits per heavy atom. The first-order valence-electron chi connectivity index (χ1n) is 17.1. The summed E-state index contributed by atoms with van der Waals surface area (Å²) in [6.07, 6.45) is 12.8. The van der Waals surface area contributed by atoms with E-state index in [4.69, 9.17) is 39.2 Å². The molecule has 1 saturated carbocycles. The van der Waals surface area contributed by atoms with Crippen molar-refractivity contribution in [2.45, 2.75) is 85.9 Å². The molecule has 3 heterocycles. The number of halogens is 1. The highest BCUT2D eigenvalue weighted by atomic mass is 19.1. The third-order valence-corrected chi connectivity index (χ3v) is 8.08. The molecule has 6 rings (SSSR count). The zero-order chi connectivity index (χ0) is 36.8. The SMILES string of the molecule is CC1CCN(C)CC1.[B]C1CCC(C)CC1.[B]c1ccc(C)c(F)c1.[B]c1ccc(C)cc1.[B]c1ccc(C)nc1.[B]c1cnc(C)nc1. The van der Waals surface area contributed by atoms with Gasteiger partial charge in [-0.05, 0) is 90.2 Å². The lowest BCUT2D eigenvalue weighted by Crippen LogP contribution is -2.28. The van der Waals surface area contributed by atoms with Crippen LogP contribution in [0.3, 0.4) is 0 Å². The van der Waals surface area contributed by atoms with Crippen molar-refractivity contribution in [3.05, 3.63) is 102 Å². The van der Waals surface area contributed by atoms with Gasteiger partial charge in [0, 0.05) is 24.3 Å². The number of piperidine rings is 1. The molecule has 4 nitrogen and oxygen atoms in total. The molecular formula is C39H52B5FN4. The average Bonchev–Trinajstić information content (AvgIpc) is 3.08. The number of benzene rings is 2. The molecule has 0 N–H and O–H groups in total. The highest BCUT2D eigenvalue weighted by Gasteiger charge is 2.13. The molecule has 1 saturated heterocycles. The Hall–Kier alpha value is -3.12. The molecule has 0 amide bonds. The van der Waals surface area contributed by atoms with Gasteiger partial charge in [0.05, 0.1) is 7.85 Å². The first-order chi connectivity index (χ1) is 23.1. The Morgan fingerprint density at radius 2 is 1.10 bits per heavy atom. The smallest absolute Gasteiger partial charge is 0.125 e. The maximum atomic E-state index is 12.5. The molecule has 0 atom stereocenters. The van der Waals surface area contributed by atoms with Crippen LogP contribution in [0.15, 0.2) is 73.2 Å². The Morgan fingerprint density at radius 1 is 0.612 bits per heavy atom. The molecule has 2 fully saturated rings. The van der Waals surface area contributed by atoms with Crippen LogP contribution in [0.4, 0.5) is 4.39 Å². The van der Waals surface area contributed by atoms with Crippen LogP contribution in [-0.2, 0) is 0 Å². The highest BCUT2D eigenvalue weighted by Crippen LogP contribution is 2.29. The van der Waals surface area contributed by atoms with Crippen LogP contribution in [-0.4, -0.2) is 79.2 Å². The number of aryl methyl sites for hydroxylation is 4. The number of hydrogen-bond acceptors (Lipinski definition) is 4. The summed E-state index contributed by atoms with van der Waals surface area (Å²) < 4.78 is 12.5. The summed E-state index contributed by atoms with van der Waals surface area (Å²) >= 11 is 0. The van der Waals surface area contributed by atoms with Gasteiger partial charge in [0.25, 0.3) is 0 Å². The Balaban J connectivity index is 0.000000294. The molecule has 1 aliphatic heterocycles. The minimum Gasteiger partial charge on any atom is -0.306 e. The number of pyridine rings is 1. The van der Waals surface area contributed by atoms with Crippen molar-refractivity contribution in [3.63, 3.8) is 0 Å². The van der Waals surface area contributed by atoms with E-state index in [9.17, 15) is 4.39 Å². The molecule has 0 spiro atoms. The van der Waals surface area contributed by atoms with Gasteiger partial charge in [0.15, 0.2) is 0 Å². The zero-order valence-corrected chi connectivity index (χ0v) is 30.9. The molecule has 49 heavy (non-hydrogen) atoms. The quantitative estimate of drug-likeness (QED) is 0.252. The molecular weight excluding hydrogens is 598 g/mol. The van der Waals surface area contributed by atoms with E-state index in [0.29, 0.717) is 22.3 Å². The van der Waals surface area contributed by atoms with Crippen molar-refractivity contribution < 1.29 is 4.39 Å². The minimum atomic E-state index is -0.241. The van der Waals surface area contributed by atoms with Crippen LogP contribution in [0.2, 0.25) is 5.82 Å². The predicted molar refractivity (Wildman–Crippen MR) is 213 cm³/mol. The van der Waals surface area contributed by atoms with Gasteiger partial charge in [-0.15, -0.1) is 0 Å². The third kappa shape index (κ3) is 23.0. The lowest BCUT2D eigenvalue weighted by atomic mass is 9.72. The number of rotatable bonds is 0. The Kier molecular flexibility index (Phi) is 22.3. The van der Waals surface area contributed by atoms with Gasteiger partial charge in [-0.2, -0.15) is 0 Å². The van der Waals surface area contributed by atoms with Crippen LogP contribution in [0.5, 0.6) is 0 Å². The van der Waals surface area contributed by atoms with E-state index in [0.717, 1.165) is 34.3 Å². The average molecular weight is 650 g/mol. The van der Waals surface area contributed by atoms with Crippen molar-refractivity contribution in [1.29, 1.82) is 0 Å². The fraction of sp³-hybridized carbons (Fsp3) is 0.462. The fourth-order valence-electron chi connectivity index (χ4n) is 4.48. The molecule has 2 aromatic heterocycles. The van der Waals surface area contributed by atoms with Gasteiger partial charge in [0.2, 0.25) is 0 Å². The van der Waals surface area contributed by atoms with Gasteiger partial charge in [-0.25, -0.2) is 14.4 Å². The van der Waals surface area contributed by atoms with Crippen LogP contribution in [0, 0.1) is 45.3 Å². The summed E-state index contributed by atoms with van der Waals surface area (Å²) in [5, 5.41) is 0. The van der Waals surface area contributed by atoms with Crippen molar-refractivity contribution in [3.8, 4) is 0 Å². The van der Waals surface area contributed by atoms with Gasteiger partial charge >= 0.3 is 0 Å². The zero-order valence-electron chi connectivity index (χ0n) is 30.9. The number of hydrogen-bond donors (Lipinski definition) is 0. The minimum absolute atomic E-state index is 0.241. The van der Waals surface area contributed by atoms with E-state index in [1.165, 1.54) is 63.2 Å². The molecule has 10 radical (unpaired) electrons. The molecule has 0 unspecified atom stereocenters. The number of aromatic nitrogens is 3. The van der Waals surface area contributed by atoms with Crippen LogP contribution < -0.4 is 21.9 Å². The molecule has 10 heteroatoms. The second kappa shape index (κ2) is 24.9. The number of likely N-dealkylation sites (tertiary alicyclic amines) is 1. The predicted octanol–water partition coefficient (Wildman–Crippen LogP) is 4.98. The summed E-state index contributed by atoms with van der Waals surface area (Å²) in [4.78, 5) is 14.0. The third-order valence-electron chi connectivity index (χ3n) is 8.08. The van der Waals surface area contributed by atoms with Gasteiger partial charge in [-0.3, -0.25) is 4.98 Å². The van der Waals surface area contributed by atoms with E-state index in [2.05, 4.69) is 40.7 Å². The van der Waals surface area contributed by atoms with Crippen molar-refractivity contribution in [1.82, 2.24) is 19.9 Å². The summed E-state index contributed by atoms with van der Waals surface area (Å²) in [6, 6.07) is 16.2. The van der Waals surface area contributed by atoms with Crippen LogP contribution in [0.1, 0.15) is 75.0 Å². The molecule has 1 aliphatic carbocycles. The lowest BCUT2D eigenvalue weighted by Gasteiger charge is -2.26. The molecule has 2 aliphatic rings. The maximum absolute atomic E-state index is 12.5. The van der Waals surface area contributed by atoms with E-state index in [1.54, 1.807) is 37.6 Å². The Bertz CT molecular complexity index is 1200. The van der Waals surface area contributed by atoms with Gasteiger partial charge in [-0.1, -0.05) is 115 Å². The lowest BCUT2D eigenvalue weighted by molar-refractivity contribution is 0.230.